The predicted molar refractivity (Wildman–Crippen MR) is 120 cm³/mol. The van der Waals surface area contributed by atoms with Gasteiger partial charge >= 0.3 is 0 Å². The minimum atomic E-state index is -2.87. The molecule has 3 aromatic rings. The van der Waals surface area contributed by atoms with Gasteiger partial charge in [0.2, 0.25) is 5.91 Å². The van der Waals surface area contributed by atoms with Gasteiger partial charge in [-0.3, -0.25) is 9.78 Å². The molecule has 0 aliphatic carbocycles. The van der Waals surface area contributed by atoms with Crippen LogP contribution < -0.4 is 15.5 Å². The summed E-state index contributed by atoms with van der Waals surface area (Å²) < 4.78 is 40.8. The molecular formula is C24H25F3N4O. The van der Waals surface area contributed by atoms with Crippen molar-refractivity contribution in [2.24, 2.45) is 0 Å². The number of halogens is 3. The highest BCUT2D eigenvalue weighted by molar-refractivity contribution is 5.93. The maximum Gasteiger partial charge on any atom is 0.266 e. The van der Waals surface area contributed by atoms with Crippen LogP contribution in [-0.2, 0) is 4.79 Å². The monoisotopic (exact) mass is 442 g/mol. The lowest BCUT2D eigenvalue weighted by atomic mass is 10.0. The second kappa shape index (κ2) is 9.06. The Bertz CT molecular complexity index is 1140. The molecular weight excluding hydrogens is 417 g/mol. The smallest absolute Gasteiger partial charge is 0.266 e. The van der Waals surface area contributed by atoms with E-state index >= 15 is 0 Å². The third kappa shape index (κ3) is 4.49. The van der Waals surface area contributed by atoms with Crippen molar-refractivity contribution in [3.8, 4) is 0 Å². The minimum Gasteiger partial charge on any atom is -0.378 e. The molecule has 2 heterocycles. The molecule has 168 valence electrons. The topological polar surface area (TPSA) is 57.3 Å². The lowest BCUT2D eigenvalue weighted by Crippen LogP contribution is -2.35. The van der Waals surface area contributed by atoms with Crippen LogP contribution >= 0.6 is 0 Å². The first-order chi connectivity index (χ1) is 15.3. The van der Waals surface area contributed by atoms with E-state index in [1.54, 1.807) is 19.2 Å². The molecule has 0 radical (unpaired) electrons. The summed E-state index contributed by atoms with van der Waals surface area (Å²) in [5, 5.41) is 7.07. The predicted octanol–water partition coefficient (Wildman–Crippen LogP) is 5.20. The molecule has 0 unspecified atom stereocenters. The summed E-state index contributed by atoms with van der Waals surface area (Å²) in [4.78, 5) is 18.0. The van der Waals surface area contributed by atoms with Crippen LogP contribution in [-0.4, -0.2) is 30.0 Å². The zero-order chi connectivity index (χ0) is 22.8. The maximum atomic E-state index is 14.6. The molecule has 4 rings (SSSR count). The van der Waals surface area contributed by atoms with Gasteiger partial charge < -0.3 is 15.5 Å². The number of anilines is 2. The first kappa shape index (κ1) is 21.9. The number of fused-ring (bicyclic) bond motifs is 1. The van der Waals surface area contributed by atoms with Crippen LogP contribution in [0.5, 0.6) is 0 Å². The van der Waals surface area contributed by atoms with Crippen LogP contribution in [0.25, 0.3) is 10.9 Å². The number of nitrogens with one attached hydrogen (secondary N) is 2. The largest absolute Gasteiger partial charge is 0.378 e. The van der Waals surface area contributed by atoms with Crippen LogP contribution in [0.1, 0.15) is 43.9 Å². The molecule has 0 spiro atoms. The van der Waals surface area contributed by atoms with E-state index in [2.05, 4.69) is 20.5 Å². The standard InChI is InChI=1S/C24H25F3N4O/c1-14(18-4-3-5-19(23(18)25)24(26)27)29-22-8-10-28-21-7-6-17(12-20(21)22)31-11-9-16(13-31)30-15(2)32/h3-8,10,12,14,16,24H,9,11,13H2,1-2H3,(H,28,29)(H,30,32)/t14-,16-/m1/s1. The Hall–Kier alpha value is -3.29. The fourth-order valence-electron chi connectivity index (χ4n) is 4.24. The Morgan fingerprint density at radius 2 is 1.97 bits per heavy atom. The quantitative estimate of drug-likeness (QED) is 0.551. The number of hydrogen-bond donors (Lipinski definition) is 2. The third-order valence-corrected chi connectivity index (χ3v) is 5.82. The summed E-state index contributed by atoms with van der Waals surface area (Å²) in [6, 6.07) is 11.4. The van der Waals surface area contributed by atoms with E-state index < -0.39 is 23.8 Å². The highest BCUT2D eigenvalue weighted by atomic mass is 19.3. The SMILES string of the molecule is CC(=O)N[C@@H]1CCN(c2ccc3nccc(N[C@H](C)c4cccc(C(F)F)c4F)c3c2)C1. The van der Waals surface area contributed by atoms with Gasteiger partial charge in [0.05, 0.1) is 17.1 Å². The van der Waals surface area contributed by atoms with Crippen LogP contribution in [0.15, 0.2) is 48.7 Å². The number of hydrogen-bond acceptors (Lipinski definition) is 4. The molecule has 8 heteroatoms. The molecule has 1 aromatic heterocycles. The molecule has 32 heavy (non-hydrogen) atoms. The van der Waals surface area contributed by atoms with E-state index in [4.69, 9.17) is 0 Å². The van der Waals surface area contributed by atoms with Gasteiger partial charge in [0.15, 0.2) is 0 Å². The van der Waals surface area contributed by atoms with Crippen LogP contribution in [0.4, 0.5) is 24.5 Å². The summed E-state index contributed by atoms with van der Waals surface area (Å²) in [5.41, 5.74) is 2.09. The molecule has 1 fully saturated rings. The van der Waals surface area contributed by atoms with Gasteiger partial charge in [-0.05, 0) is 37.6 Å². The van der Waals surface area contributed by atoms with E-state index in [1.807, 2.05) is 18.2 Å². The number of aromatic nitrogens is 1. The lowest BCUT2D eigenvalue weighted by Gasteiger charge is -2.21. The molecule has 1 amide bonds. The third-order valence-electron chi connectivity index (χ3n) is 5.82. The molecule has 2 N–H and O–H groups in total. The Labute approximate surface area is 184 Å². The summed E-state index contributed by atoms with van der Waals surface area (Å²) in [7, 11) is 0. The Kier molecular flexibility index (Phi) is 6.21. The molecule has 1 aliphatic rings. The minimum absolute atomic E-state index is 0.0387. The second-order valence-electron chi connectivity index (χ2n) is 8.11. The van der Waals surface area contributed by atoms with E-state index in [0.717, 1.165) is 47.9 Å². The summed E-state index contributed by atoms with van der Waals surface area (Å²) in [6.07, 6.45) is -0.341. The molecule has 2 atom stereocenters. The van der Waals surface area contributed by atoms with E-state index in [-0.39, 0.29) is 17.5 Å². The van der Waals surface area contributed by atoms with E-state index in [0.29, 0.717) is 0 Å². The first-order valence-electron chi connectivity index (χ1n) is 10.6. The van der Waals surface area contributed by atoms with Crippen LogP contribution in [0, 0.1) is 5.82 Å². The normalized spacial score (nSPS) is 17.1. The van der Waals surface area contributed by atoms with Gasteiger partial charge in [0.1, 0.15) is 5.82 Å². The molecule has 2 aromatic carbocycles. The number of carbonyl (C=O) groups excluding carboxylic acids is 1. The van der Waals surface area contributed by atoms with Crippen molar-refractivity contribution in [2.45, 2.75) is 38.8 Å². The van der Waals surface area contributed by atoms with E-state index in [9.17, 15) is 18.0 Å². The number of amides is 1. The average molecular weight is 442 g/mol. The number of pyridine rings is 1. The molecule has 1 saturated heterocycles. The fraction of sp³-hybridized carbons (Fsp3) is 0.333. The zero-order valence-corrected chi connectivity index (χ0v) is 17.9. The van der Waals surface area contributed by atoms with Gasteiger partial charge in [-0.1, -0.05) is 18.2 Å². The second-order valence-corrected chi connectivity index (χ2v) is 8.11. The Morgan fingerprint density at radius 1 is 1.19 bits per heavy atom. The number of rotatable bonds is 6. The fourth-order valence-corrected chi connectivity index (χ4v) is 4.24. The van der Waals surface area contributed by atoms with E-state index in [1.165, 1.54) is 19.1 Å². The molecule has 0 saturated carbocycles. The van der Waals surface area contributed by atoms with Crippen molar-refractivity contribution in [2.75, 3.05) is 23.3 Å². The summed E-state index contributed by atoms with van der Waals surface area (Å²) in [6.45, 7) is 4.79. The van der Waals surface area contributed by atoms with Crippen molar-refractivity contribution in [3.63, 3.8) is 0 Å². The van der Waals surface area contributed by atoms with Crippen molar-refractivity contribution in [1.29, 1.82) is 0 Å². The lowest BCUT2D eigenvalue weighted by molar-refractivity contribution is -0.119. The number of nitrogens with zero attached hydrogens (tertiary/aromatic N) is 2. The molecule has 0 bridgehead atoms. The average Bonchev–Trinajstić information content (AvgIpc) is 3.21. The molecule has 5 nitrogen and oxygen atoms in total. The van der Waals surface area contributed by atoms with Gasteiger partial charge in [0.25, 0.3) is 6.43 Å². The summed E-state index contributed by atoms with van der Waals surface area (Å²) in [5.74, 6) is -0.925. The van der Waals surface area contributed by atoms with Gasteiger partial charge in [0, 0.05) is 54.6 Å². The van der Waals surface area contributed by atoms with Crippen molar-refractivity contribution >= 4 is 28.2 Å². The molecule has 1 aliphatic heterocycles. The highest BCUT2D eigenvalue weighted by Crippen LogP contribution is 2.33. The van der Waals surface area contributed by atoms with Crippen molar-refractivity contribution in [3.05, 3.63) is 65.6 Å². The van der Waals surface area contributed by atoms with Gasteiger partial charge in [-0.2, -0.15) is 0 Å². The summed E-state index contributed by atoms with van der Waals surface area (Å²) >= 11 is 0. The first-order valence-corrected chi connectivity index (χ1v) is 10.6. The highest BCUT2D eigenvalue weighted by Gasteiger charge is 2.24. The number of carbonyl (C=O) groups is 1. The Balaban J connectivity index is 1.60. The van der Waals surface area contributed by atoms with Crippen LogP contribution in [0.2, 0.25) is 0 Å². The number of alkyl halides is 2. The van der Waals surface area contributed by atoms with Gasteiger partial charge in [-0.15, -0.1) is 0 Å². The van der Waals surface area contributed by atoms with Gasteiger partial charge in [-0.25, -0.2) is 13.2 Å². The Morgan fingerprint density at radius 3 is 2.72 bits per heavy atom. The zero-order valence-electron chi connectivity index (χ0n) is 17.9. The van der Waals surface area contributed by atoms with Crippen molar-refractivity contribution in [1.82, 2.24) is 10.3 Å². The van der Waals surface area contributed by atoms with Crippen LogP contribution in [0.3, 0.4) is 0 Å². The van der Waals surface area contributed by atoms with Crippen molar-refractivity contribution < 1.29 is 18.0 Å². The number of benzene rings is 2. The maximum absolute atomic E-state index is 14.6.